The molecule has 2 aliphatic rings. The number of carbonyl (C=O) groups excluding carboxylic acids is 2. The first-order valence-corrected chi connectivity index (χ1v) is 5.92. The zero-order chi connectivity index (χ0) is 12.3. The first kappa shape index (κ1) is 12.1. The van der Waals surface area contributed by atoms with E-state index in [0.29, 0.717) is 13.0 Å². The number of fused-ring (bicyclic) bond motifs is 1. The number of carbonyl (C=O) groups is 2. The highest BCUT2D eigenvalue weighted by Gasteiger charge is 2.33. The lowest BCUT2D eigenvalue weighted by Gasteiger charge is -2.41. The van der Waals surface area contributed by atoms with Crippen LogP contribution in [-0.2, 0) is 19.1 Å². The van der Waals surface area contributed by atoms with E-state index in [1.807, 2.05) is 0 Å². The Bertz CT molecular complexity index is 339. The van der Waals surface area contributed by atoms with Crippen LogP contribution in [0.5, 0.6) is 0 Å². The fraction of sp³-hybridized carbons (Fsp3) is 0.667. The molecule has 17 heavy (non-hydrogen) atoms. The number of methoxy groups -OCH3 is 1. The Balaban J connectivity index is 1.91. The molecule has 0 aromatic carbocycles. The zero-order valence-corrected chi connectivity index (χ0v) is 9.93. The molecule has 2 heterocycles. The SMILES string of the molecule is COC(=O)/C=C/[C@@H]1CCN2C(=O)CCC[C@@H]2O1. The zero-order valence-electron chi connectivity index (χ0n) is 9.93. The van der Waals surface area contributed by atoms with E-state index < -0.39 is 0 Å². The predicted molar refractivity (Wildman–Crippen MR) is 60.0 cm³/mol. The molecule has 1 amide bonds. The largest absolute Gasteiger partial charge is 0.466 e. The van der Waals surface area contributed by atoms with Crippen molar-refractivity contribution >= 4 is 11.9 Å². The summed E-state index contributed by atoms with van der Waals surface area (Å²) in [7, 11) is 1.34. The van der Waals surface area contributed by atoms with Gasteiger partial charge >= 0.3 is 5.97 Å². The summed E-state index contributed by atoms with van der Waals surface area (Å²) in [5, 5.41) is 0. The molecule has 0 aromatic rings. The molecule has 5 nitrogen and oxygen atoms in total. The minimum Gasteiger partial charge on any atom is -0.466 e. The van der Waals surface area contributed by atoms with Gasteiger partial charge in [0.05, 0.1) is 13.2 Å². The number of hydrogen-bond donors (Lipinski definition) is 0. The maximum absolute atomic E-state index is 11.6. The van der Waals surface area contributed by atoms with Crippen molar-refractivity contribution in [2.24, 2.45) is 0 Å². The van der Waals surface area contributed by atoms with E-state index >= 15 is 0 Å². The summed E-state index contributed by atoms with van der Waals surface area (Å²) in [5.41, 5.74) is 0. The fourth-order valence-electron chi connectivity index (χ4n) is 2.23. The second-order valence-corrected chi connectivity index (χ2v) is 4.28. The van der Waals surface area contributed by atoms with Crippen LogP contribution in [0.4, 0.5) is 0 Å². The van der Waals surface area contributed by atoms with Crippen LogP contribution < -0.4 is 0 Å². The van der Waals surface area contributed by atoms with E-state index in [9.17, 15) is 9.59 Å². The van der Waals surface area contributed by atoms with Gasteiger partial charge in [-0.2, -0.15) is 0 Å². The van der Waals surface area contributed by atoms with E-state index in [1.165, 1.54) is 13.2 Å². The Morgan fingerprint density at radius 3 is 3.12 bits per heavy atom. The number of rotatable bonds is 2. The summed E-state index contributed by atoms with van der Waals surface area (Å²) >= 11 is 0. The Kier molecular flexibility index (Phi) is 3.78. The maximum atomic E-state index is 11.6. The van der Waals surface area contributed by atoms with Gasteiger partial charge in [-0.05, 0) is 25.3 Å². The van der Waals surface area contributed by atoms with Gasteiger partial charge in [0.15, 0.2) is 0 Å². The van der Waals surface area contributed by atoms with E-state index in [1.54, 1.807) is 11.0 Å². The number of hydrogen-bond acceptors (Lipinski definition) is 4. The number of esters is 1. The summed E-state index contributed by atoms with van der Waals surface area (Å²) < 4.78 is 10.3. The molecule has 0 radical (unpaired) electrons. The second kappa shape index (κ2) is 5.31. The van der Waals surface area contributed by atoms with E-state index in [0.717, 1.165) is 19.3 Å². The Morgan fingerprint density at radius 2 is 2.35 bits per heavy atom. The van der Waals surface area contributed by atoms with Gasteiger partial charge in [-0.3, -0.25) is 4.79 Å². The van der Waals surface area contributed by atoms with E-state index in [-0.39, 0.29) is 24.2 Å². The van der Waals surface area contributed by atoms with Crippen LogP contribution in [0.1, 0.15) is 25.7 Å². The van der Waals surface area contributed by atoms with Crippen LogP contribution in [0, 0.1) is 0 Å². The normalized spacial score (nSPS) is 29.2. The van der Waals surface area contributed by atoms with Crippen LogP contribution in [0.2, 0.25) is 0 Å². The van der Waals surface area contributed by atoms with Crippen LogP contribution >= 0.6 is 0 Å². The third-order valence-electron chi connectivity index (χ3n) is 3.14. The van der Waals surface area contributed by atoms with E-state index in [2.05, 4.69) is 4.74 Å². The lowest BCUT2D eigenvalue weighted by atomic mass is 10.0. The van der Waals surface area contributed by atoms with Crippen molar-refractivity contribution in [2.45, 2.75) is 38.0 Å². The summed E-state index contributed by atoms with van der Waals surface area (Å²) in [6, 6.07) is 0. The topological polar surface area (TPSA) is 55.8 Å². The molecule has 2 atom stereocenters. The first-order chi connectivity index (χ1) is 8.20. The molecular formula is C12H17NO4. The van der Waals surface area contributed by atoms with Gasteiger partial charge in [0.1, 0.15) is 6.23 Å². The molecule has 2 saturated heterocycles. The van der Waals surface area contributed by atoms with Crippen LogP contribution in [0.25, 0.3) is 0 Å². The van der Waals surface area contributed by atoms with E-state index in [4.69, 9.17) is 4.74 Å². The van der Waals surface area contributed by atoms with Crippen LogP contribution in [-0.4, -0.2) is 42.8 Å². The van der Waals surface area contributed by atoms with Gasteiger partial charge in [-0.1, -0.05) is 0 Å². The molecule has 0 aromatic heterocycles. The molecule has 0 unspecified atom stereocenters. The second-order valence-electron chi connectivity index (χ2n) is 4.28. The molecule has 2 fully saturated rings. The number of amides is 1. The molecular weight excluding hydrogens is 222 g/mol. The van der Waals surface area contributed by atoms with Crippen molar-refractivity contribution < 1.29 is 19.1 Å². The standard InChI is InChI=1S/C12H17NO4/c1-16-12(15)6-5-9-7-8-13-10(14)3-2-4-11(13)17-9/h5-6,9,11H,2-4,7-8H2,1H3/b6-5+/t9-,11+/m1/s1. The van der Waals surface area contributed by atoms with Crippen molar-refractivity contribution in [2.75, 3.05) is 13.7 Å². The molecule has 0 saturated carbocycles. The summed E-state index contributed by atoms with van der Waals surface area (Å²) in [6.45, 7) is 0.708. The van der Waals surface area contributed by atoms with Crippen molar-refractivity contribution in [1.82, 2.24) is 4.90 Å². The Morgan fingerprint density at radius 1 is 1.53 bits per heavy atom. The third kappa shape index (κ3) is 2.85. The predicted octanol–water partition coefficient (Wildman–Crippen LogP) is 0.843. The maximum Gasteiger partial charge on any atom is 0.330 e. The molecule has 5 heteroatoms. The average Bonchev–Trinajstić information content (AvgIpc) is 2.36. The molecule has 2 rings (SSSR count). The summed E-state index contributed by atoms with van der Waals surface area (Å²) in [6.07, 6.45) is 6.01. The first-order valence-electron chi connectivity index (χ1n) is 5.92. The van der Waals surface area contributed by atoms with Crippen molar-refractivity contribution in [3.8, 4) is 0 Å². The van der Waals surface area contributed by atoms with Crippen LogP contribution in [0.3, 0.4) is 0 Å². The summed E-state index contributed by atoms with van der Waals surface area (Å²) in [5.74, 6) is -0.201. The quantitative estimate of drug-likeness (QED) is 0.529. The molecule has 0 N–H and O–H groups in total. The molecule has 0 aliphatic carbocycles. The van der Waals surface area contributed by atoms with Gasteiger partial charge < -0.3 is 14.4 Å². The van der Waals surface area contributed by atoms with Gasteiger partial charge in [0.25, 0.3) is 0 Å². The minimum absolute atomic E-state index is 0.0961. The molecule has 0 bridgehead atoms. The molecule has 94 valence electrons. The monoisotopic (exact) mass is 239 g/mol. The lowest BCUT2D eigenvalue weighted by Crippen LogP contribution is -2.51. The number of nitrogens with zero attached hydrogens (tertiary/aromatic N) is 1. The summed E-state index contributed by atoms with van der Waals surface area (Å²) in [4.78, 5) is 24.4. The molecule has 2 aliphatic heterocycles. The van der Waals surface area contributed by atoms with Gasteiger partial charge in [-0.15, -0.1) is 0 Å². The Labute approximate surface area is 100 Å². The third-order valence-corrected chi connectivity index (χ3v) is 3.14. The van der Waals surface area contributed by atoms with Gasteiger partial charge in [0, 0.05) is 19.0 Å². The molecule has 0 spiro atoms. The lowest BCUT2D eigenvalue weighted by molar-refractivity contribution is -0.170. The highest BCUT2D eigenvalue weighted by Crippen LogP contribution is 2.26. The van der Waals surface area contributed by atoms with Crippen LogP contribution in [0.15, 0.2) is 12.2 Å². The fourth-order valence-corrected chi connectivity index (χ4v) is 2.23. The highest BCUT2D eigenvalue weighted by molar-refractivity contribution is 5.81. The highest BCUT2D eigenvalue weighted by atomic mass is 16.5. The van der Waals surface area contributed by atoms with Gasteiger partial charge in [0.2, 0.25) is 5.91 Å². The smallest absolute Gasteiger partial charge is 0.330 e. The Hall–Kier alpha value is -1.36. The van der Waals surface area contributed by atoms with Crippen molar-refractivity contribution in [3.63, 3.8) is 0 Å². The minimum atomic E-state index is -0.379. The van der Waals surface area contributed by atoms with Crippen molar-refractivity contribution in [3.05, 3.63) is 12.2 Å². The number of ether oxygens (including phenoxy) is 2. The average molecular weight is 239 g/mol. The van der Waals surface area contributed by atoms with Crippen molar-refractivity contribution in [1.29, 1.82) is 0 Å². The number of piperidine rings is 1. The van der Waals surface area contributed by atoms with Gasteiger partial charge in [-0.25, -0.2) is 4.79 Å².